The summed E-state index contributed by atoms with van der Waals surface area (Å²) in [4.78, 5) is 2.38. The van der Waals surface area contributed by atoms with Crippen molar-refractivity contribution in [3.8, 4) is 0 Å². The van der Waals surface area contributed by atoms with Crippen molar-refractivity contribution in [3.63, 3.8) is 0 Å². The van der Waals surface area contributed by atoms with Crippen molar-refractivity contribution in [1.29, 1.82) is 0 Å². The van der Waals surface area contributed by atoms with Crippen molar-refractivity contribution in [1.82, 2.24) is 10.2 Å². The van der Waals surface area contributed by atoms with E-state index in [1.54, 1.807) is 0 Å². The van der Waals surface area contributed by atoms with E-state index in [0.29, 0.717) is 0 Å². The first kappa shape index (κ1) is 12.2. The van der Waals surface area contributed by atoms with Gasteiger partial charge in [-0.1, -0.05) is 24.3 Å². The zero-order chi connectivity index (χ0) is 12.4. The highest BCUT2D eigenvalue weighted by Crippen LogP contribution is 2.26. The Hall–Kier alpha value is -0.860. The SMILES string of the molecule is CN1CC(c2ccc(CC3CCCNC3)cc2)C1. The summed E-state index contributed by atoms with van der Waals surface area (Å²) in [5, 5.41) is 3.50. The molecule has 2 fully saturated rings. The van der Waals surface area contributed by atoms with Gasteiger partial charge in [0.05, 0.1) is 0 Å². The van der Waals surface area contributed by atoms with E-state index in [-0.39, 0.29) is 0 Å². The summed E-state index contributed by atoms with van der Waals surface area (Å²) in [5.41, 5.74) is 3.04. The molecule has 0 aromatic heterocycles. The number of nitrogens with one attached hydrogen (secondary N) is 1. The molecule has 0 aliphatic carbocycles. The van der Waals surface area contributed by atoms with E-state index in [0.717, 1.165) is 11.8 Å². The Bertz CT molecular complexity index is 373. The summed E-state index contributed by atoms with van der Waals surface area (Å²) in [7, 11) is 2.20. The lowest BCUT2D eigenvalue weighted by atomic mass is 9.89. The van der Waals surface area contributed by atoms with Crippen LogP contribution in [0.5, 0.6) is 0 Å². The fourth-order valence-electron chi connectivity index (χ4n) is 3.27. The largest absolute Gasteiger partial charge is 0.316 e. The van der Waals surface area contributed by atoms with Gasteiger partial charge in [0.2, 0.25) is 0 Å². The summed E-state index contributed by atoms with van der Waals surface area (Å²) >= 11 is 0. The van der Waals surface area contributed by atoms with Gasteiger partial charge < -0.3 is 10.2 Å². The van der Waals surface area contributed by atoms with Crippen LogP contribution >= 0.6 is 0 Å². The summed E-state index contributed by atoms with van der Waals surface area (Å²) in [5.74, 6) is 1.62. The molecule has 2 nitrogen and oxygen atoms in total. The molecule has 0 saturated carbocycles. The van der Waals surface area contributed by atoms with Crippen LogP contribution in [-0.2, 0) is 6.42 Å². The highest BCUT2D eigenvalue weighted by Gasteiger charge is 2.24. The van der Waals surface area contributed by atoms with Crippen LogP contribution in [0.15, 0.2) is 24.3 Å². The molecular formula is C16H24N2. The van der Waals surface area contributed by atoms with Gasteiger partial charge in [0, 0.05) is 19.0 Å². The van der Waals surface area contributed by atoms with E-state index in [9.17, 15) is 0 Å². The second-order valence-corrected chi connectivity index (χ2v) is 6.08. The molecule has 1 N–H and O–H groups in total. The molecule has 2 aliphatic rings. The van der Waals surface area contributed by atoms with Crippen molar-refractivity contribution in [3.05, 3.63) is 35.4 Å². The Morgan fingerprint density at radius 3 is 2.61 bits per heavy atom. The first-order valence-electron chi connectivity index (χ1n) is 7.29. The fourth-order valence-corrected chi connectivity index (χ4v) is 3.27. The molecular weight excluding hydrogens is 220 g/mol. The van der Waals surface area contributed by atoms with E-state index in [2.05, 4.69) is 41.5 Å². The lowest BCUT2D eigenvalue weighted by molar-refractivity contribution is 0.190. The zero-order valence-corrected chi connectivity index (χ0v) is 11.4. The first-order chi connectivity index (χ1) is 8.81. The van der Waals surface area contributed by atoms with Gasteiger partial charge in [0.25, 0.3) is 0 Å². The quantitative estimate of drug-likeness (QED) is 0.877. The van der Waals surface area contributed by atoms with Crippen LogP contribution in [0.2, 0.25) is 0 Å². The Labute approximate surface area is 110 Å². The van der Waals surface area contributed by atoms with Crippen LogP contribution in [0.4, 0.5) is 0 Å². The molecule has 2 saturated heterocycles. The Kier molecular flexibility index (Phi) is 3.67. The molecule has 1 aromatic carbocycles. The molecule has 3 rings (SSSR count). The van der Waals surface area contributed by atoms with Crippen molar-refractivity contribution >= 4 is 0 Å². The van der Waals surface area contributed by atoms with Crippen LogP contribution in [0.25, 0.3) is 0 Å². The molecule has 0 bridgehead atoms. The molecule has 18 heavy (non-hydrogen) atoms. The second-order valence-electron chi connectivity index (χ2n) is 6.08. The second kappa shape index (κ2) is 5.41. The molecule has 2 aliphatic heterocycles. The number of rotatable bonds is 3. The van der Waals surface area contributed by atoms with Gasteiger partial charge in [-0.05, 0) is 56.4 Å². The molecule has 2 heteroatoms. The maximum absolute atomic E-state index is 3.50. The lowest BCUT2D eigenvalue weighted by Gasteiger charge is -2.36. The average molecular weight is 244 g/mol. The molecule has 2 heterocycles. The van der Waals surface area contributed by atoms with Gasteiger partial charge in [0.15, 0.2) is 0 Å². The average Bonchev–Trinajstić information content (AvgIpc) is 2.38. The van der Waals surface area contributed by atoms with E-state index in [1.165, 1.54) is 56.6 Å². The number of piperidine rings is 1. The van der Waals surface area contributed by atoms with Gasteiger partial charge in [-0.2, -0.15) is 0 Å². The van der Waals surface area contributed by atoms with Crippen LogP contribution in [-0.4, -0.2) is 38.1 Å². The van der Waals surface area contributed by atoms with Gasteiger partial charge >= 0.3 is 0 Å². The first-order valence-corrected chi connectivity index (χ1v) is 7.29. The summed E-state index contributed by atoms with van der Waals surface area (Å²) in [6.45, 7) is 4.87. The van der Waals surface area contributed by atoms with Gasteiger partial charge in [-0.3, -0.25) is 0 Å². The topological polar surface area (TPSA) is 15.3 Å². The molecule has 0 radical (unpaired) electrons. The third-order valence-electron chi connectivity index (χ3n) is 4.44. The minimum Gasteiger partial charge on any atom is -0.316 e. The van der Waals surface area contributed by atoms with Crippen LogP contribution in [0, 0.1) is 5.92 Å². The standard InChI is InChI=1S/C16H24N2/c1-18-11-16(12-18)15-6-4-13(5-7-15)9-14-3-2-8-17-10-14/h4-7,14,16-17H,2-3,8-12H2,1H3. The number of benzene rings is 1. The fraction of sp³-hybridized carbons (Fsp3) is 0.625. The number of likely N-dealkylation sites (tertiary alicyclic amines) is 1. The van der Waals surface area contributed by atoms with Crippen molar-refractivity contribution in [2.45, 2.75) is 25.2 Å². The summed E-state index contributed by atoms with van der Waals surface area (Å²) in [6.07, 6.45) is 3.98. The number of nitrogens with zero attached hydrogens (tertiary/aromatic N) is 1. The van der Waals surface area contributed by atoms with Crippen LogP contribution < -0.4 is 5.32 Å². The van der Waals surface area contributed by atoms with Crippen LogP contribution in [0.3, 0.4) is 0 Å². The van der Waals surface area contributed by atoms with Gasteiger partial charge in [-0.25, -0.2) is 0 Å². The minimum absolute atomic E-state index is 0.778. The van der Waals surface area contributed by atoms with Gasteiger partial charge in [-0.15, -0.1) is 0 Å². The van der Waals surface area contributed by atoms with Crippen molar-refractivity contribution < 1.29 is 0 Å². The predicted molar refractivity (Wildman–Crippen MR) is 76.0 cm³/mol. The van der Waals surface area contributed by atoms with Crippen molar-refractivity contribution in [2.75, 3.05) is 33.2 Å². The Morgan fingerprint density at radius 1 is 1.22 bits per heavy atom. The minimum atomic E-state index is 0.778. The molecule has 0 amide bonds. The predicted octanol–water partition coefficient (Wildman–Crippen LogP) is 2.26. The molecule has 0 spiro atoms. The number of hydrogen-bond acceptors (Lipinski definition) is 2. The molecule has 1 unspecified atom stereocenters. The lowest BCUT2D eigenvalue weighted by Crippen LogP contribution is -2.41. The summed E-state index contributed by atoms with van der Waals surface area (Å²) < 4.78 is 0. The third kappa shape index (κ3) is 2.76. The monoisotopic (exact) mass is 244 g/mol. The maximum Gasteiger partial charge on any atom is 0.00933 e. The highest BCUT2D eigenvalue weighted by atomic mass is 15.2. The van der Waals surface area contributed by atoms with Crippen molar-refractivity contribution in [2.24, 2.45) is 5.92 Å². The summed E-state index contributed by atoms with van der Waals surface area (Å²) in [6, 6.07) is 9.40. The van der Waals surface area contributed by atoms with E-state index >= 15 is 0 Å². The van der Waals surface area contributed by atoms with Crippen LogP contribution in [0.1, 0.15) is 29.9 Å². The maximum atomic E-state index is 3.50. The smallest absolute Gasteiger partial charge is 0.00933 e. The third-order valence-corrected chi connectivity index (χ3v) is 4.44. The highest BCUT2D eigenvalue weighted by molar-refractivity contribution is 5.27. The zero-order valence-electron chi connectivity index (χ0n) is 11.4. The van der Waals surface area contributed by atoms with Gasteiger partial charge in [0.1, 0.15) is 0 Å². The Morgan fingerprint density at radius 2 is 2.00 bits per heavy atom. The molecule has 1 aromatic rings. The van der Waals surface area contributed by atoms with E-state index < -0.39 is 0 Å². The normalized spacial score (nSPS) is 25.9. The van der Waals surface area contributed by atoms with E-state index in [1.807, 2.05) is 0 Å². The Balaban J connectivity index is 1.57. The molecule has 1 atom stereocenters. The van der Waals surface area contributed by atoms with E-state index in [4.69, 9.17) is 0 Å². The molecule has 98 valence electrons. The number of hydrogen-bond donors (Lipinski definition) is 1. The number of likely N-dealkylation sites (N-methyl/N-ethyl adjacent to an activating group) is 1.